The van der Waals surface area contributed by atoms with Crippen molar-refractivity contribution in [3.8, 4) is 0 Å². The van der Waals surface area contributed by atoms with Crippen LogP contribution >= 0.6 is 11.3 Å². The normalized spacial score (nSPS) is 21.2. The Kier molecular flexibility index (Phi) is 3.89. The second-order valence-corrected chi connectivity index (χ2v) is 6.03. The Morgan fingerprint density at radius 2 is 2.14 bits per heavy atom. The summed E-state index contributed by atoms with van der Waals surface area (Å²) in [5.41, 5.74) is 0.744. The Bertz CT molecular complexity index is 687. The van der Waals surface area contributed by atoms with Crippen molar-refractivity contribution in [2.45, 2.75) is 12.5 Å². The Hall–Kier alpha value is -2.28. The highest BCUT2D eigenvalue weighted by atomic mass is 32.1. The standard InChI is InChI=1S/C15H14FN3O2S/c1-19-12(20)8-11(14(21)18-15-17-6-7-22-15)13(19)9-2-4-10(16)5-3-9/h2-7,11,13H,8H2,1H3,(H,17,18,21). The van der Waals surface area contributed by atoms with Crippen molar-refractivity contribution >= 4 is 28.3 Å². The minimum absolute atomic E-state index is 0.103. The average Bonchev–Trinajstić information content (AvgIpc) is 3.10. The lowest BCUT2D eigenvalue weighted by molar-refractivity contribution is -0.127. The Morgan fingerprint density at radius 1 is 1.41 bits per heavy atom. The summed E-state index contributed by atoms with van der Waals surface area (Å²) in [6, 6.07) is 5.49. The van der Waals surface area contributed by atoms with Crippen molar-refractivity contribution < 1.29 is 14.0 Å². The van der Waals surface area contributed by atoms with Gasteiger partial charge in [0.25, 0.3) is 0 Å². The molecule has 0 radical (unpaired) electrons. The predicted octanol–water partition coefficient (Wildman–Crippen LogP) is 2.44. The van der Waals surface area contributed by atoms with Crippen LogP contribution in [0, 0.1) is 11.7 Å². The molecule has 1 fully saturated rings. The van der Waals surface area contributed by atoms with Gasteiger partial charge in [0.2, 0.25) is 11.8 Å². The van der Waals surface area contributed by atoms with Crippen molar-refractivity contribution in [2.24, 2.45) is 5.92 Å². The van der Waals surface area contributed by atoms with Crippen molar-refractivity contribution in [1.29, 1.82) is 0 Å². The first-order valence-electron chi connectivity index (χ1n) is 6.78. The molecule has 114 valence electrons. The van der Waals surface area contributed by atoms with E-state index in [9.17, 15) is 14.0 Å². The van der Waals surface area contributed by atoms with E-state index in [0.717, 1.165) is 5.56 Å². The van der Waals surface area contributed by atoms with Gasteiger partial charge in [-0.2, -0.15) is 0 Å². The summed E-state index contributed by atoms with van der Waals surface area (Å²) in [7, 11) is 1.66. The van der Waals surface area contributed by atoms with Crippen LogP contribution in [0.5, 0.6) is 0 Å². The molecule has 2 heterocycles. The zero-order chi connectivity index (χ0) is 15.7. The molecule has 22 heavy (non-hydrogen) atoms. The molecule has 0 aliphatic carbocycles. The molecule has 1 N–H and O–H groups in total. The van der Waals surface area contributed by atoms with Gasteiger partial charge in [0.05, 0.1) is 12.0 Å². The zero-order valence-electron chi connectivity index (χ0n) is 11.8. The van der Waals surface area contributed by atoms with Gasteiger partial charge in [-0.25, -0.2) is 9.37 Å². The minimum Gasteiger partial charge on any atom is -0.338 e. The predicted molar refractivity (Wildman–Crippen MR) is 80.8 cm³/mol. The molecule has 5 nitrogen and oxygen atoms in total. The molecule has 0 saturated carbocycles. The van der Waals surface area contributed by atoms with Crippen LogP contribution in [-0.2, 0) is 9.59 Å². The first-order valence-corrected chi connectivity index (χ1v) is 7.65. The minimum atomic E-state index is -0.521. The third-order valence-electron chi connectivity index (χ3n) is 3.80. The van der Waals surface area contributed by atoms with Crippen LogP contribution in [0.2, 0.25) is 0 Å². The first-order chi connectivity index (χ1) is 10.6. The number of amides is 2. The van der Waals surface area contributed by atoms with Gasteiger partial charge in [0.15, 0.2) is 5.13 Å². The number of hydrogen-bond donors (Lipinski definition) is 1. The van der Waals surface area contributed by atoms with Crippen molar-refractivity contribution in [3.63, 3.8) is 0 Å². The van der Waals surface area contributed by atoms with Crippen LogP contribution in [-0.4, -0.2) is 28.7 Å². The summed E-state index contributed by atoms with van der Waals surface area (Å²) in [6.07, 6.45) is 1.74. The number of rotatable bonds is 3. The fraction of sp³-hybridized carbons (Fsp3) is 0.267. The molecule has 3 rings (SSSR count). The third-order valence-corrected chi connectivity index (χ3v) is 4.49. The molecule has 1 aliphatic rings. The Labute approximate surface area is 130 Å². The summed E-state index contributed by atoms with van der Waals surface area (Å²) >= 11 is 1.32. The van der Waals surface area contributed by atoms with Crippen molar-refractivity contribution in [1.82, 2.24) is 9.88 Å². The van der Waals surface area contributed by atoms with E-state index in [-0.39, 0.29) is 24.1 Å². The fourth-order valence-electron chi connectivity index (χ4n) is 2.70. The smallest absolute Gasteiger partial charge is 0.232 e. The summed E-state index contributed by atoms with van der Waals surface area (Å²) in [6.45, 7) is 0. The maximum atomic E-state index is 13.1. The van der Waals surface area contributed by atoms with Crippen LogP contribution in [0.1, 0.15) is 18.0 Å². The molecule has 2 unspecified atom stereocenters. The van der Waals surface area contributed by atoms with Gasteiger partial charge in [-0.1, -0.05) is 12.1 Å². The number of thiazole rings is 1. The highest BCUT2D eigenvalue weighted by Crippen LogP contribution is 2.37. The monoisotopic (exact) mass is 319 g/mol. The second-order valence-electron chi connectivity index (χ2n) is 5.14. The van der Waals surface area contributed by atoms with Gasteiger partial charge in [0.1, 0.15) is 5.82 Å². The summed E-state index contributed by atoms with van der Waals surface area (Å²) in [5.74, 6) is -1.22. The van der Waals surface area contributed by atoms with Gasteiger partial charge in [-0.15, -0.1) is 11.3 Å². The zero-order valence-corrected chi connectivity index (χ0v) is 12.6. The molecule has 1 aromatic heterocycles. The molecule has 1 aromatic carbocycles. The molecule has 2 atom stereocenters. The largest absolute Gasteiger partial charge is 0.338 e. The molecule has 2 amide bonds. The highest BCUT2D eigenvalue weighted by Gasteiger charge is 2.42. The topological polar surface area (TPSA) is 62.3 Å². The lowest BCUT2D eigenvalue weighted by Crippen LogP contribution is -2.30. The number of anilines is 1. The number of carbonyl (C=O) groups is 2. The van der Waals surface area contributed by atoms with Gasteiger partial charge in [0, 0.05) is 25.0 Å². The second kappa shape index (κ2) is 5.84. The molecule has 7 heteroatoms. The number of nitrogens with one attached hydrogen (secondary N) is 1. The number of hydrogen-bond acceptors (Lipinski definition) is 4. The summed E-state index contributed by atoms with van der Waals surface area (Å²) in [5, 5.41) is 5.00. The van der Waals surface area contributed by atoms with Crippen LogP contribution in [0.25, 0.3) is 0 Å². The quantitative estimate of drug-likeness (QED) is 0.945. The molecular weight excluding hydrogens is 305 g/mol. The van der Waals surface area contributed by atoms with Crippen LogP contribution in [0.3, 0.4) is 0 Å². The van der Waals surface area contributed by atoms with E-state index >= 15 is 0 Å². The van der Waals surface area contributed by atoms with E-state index in [1.54, 1.807) is 35.7 Å². The van der Waals surface area contributed by atoms with Gasteiger partial charge in [-0.05, 0) is 17.7 Å². The fourth-order valence-corrected chi connectivity index (χ4v) is 3.24. The number of aromatic nitrogens is 1. The number of benzene rings is 1. The Morgan fingerprint density at radius 3 is 2.77 bits per heavy atom. The van der Waals surface area contributed by atoms with Crippen molar-refractivity contribution in [2.75, 3.05) is 12.4 Å². The number of nitrogens with zero attached hydrogens (tertiary/aromatic N) is 2. The van der Waals surface area contributed by atoms with Gasteiger partial charge < -0.3 is 10.2 Å². The number of carbonyl (C=O) groups excluding carboxylic acids is 2. The highest BCUT2D eigenvalue weighted by molar-refractivity contribution is 7.13. The van der Waals surface area contributed by atoms with Crippen LogP contribution in [0.15, 0.2) is 35.8 Å². The lowest BCUT2D eigenvalue weighted by atomic mass is 9.93. The van der Waals surface area contributed by atoms with Gasteiger partial charge in [-0.3, -0.25) is 9.59 Å². The maximum Gasteiger partial charge on any atom is 0.232 e. The maximum absolute atomic E-state index is 13.1. The third kappa shape index (κ3) is 2.71. The van der Waals surface area contributed by atoms with E-state index in [0.29, 0.717) is 5.13 Å². The van der Waals surface area contributed by atoms with E-state index < -0.39 is 12.0 Å². The average molecular weight is 319 g/mol. The summed E-state index contributed by atoms with van der Waals surface area (Å²) in [4.78, 5) is 30.0. The molecular formula is C15H14FN3O2S. The number of likely N-dealkylation sites (tertiary alicyclic amines) is 1. The van der Waals surface area contributed by atoms with E-state index in [1.165, 1.54) is 23.5 Å². The molecule has 1 aliphatic heterocycles. The van der Waals surface area contributed by atoms with Crippen LogP contribution in [0.4, 0.5) is 9.52 Å². The molecule has 1 saturated heterocycles. The SMILES string of the molecule is CN1C(=O)CC(C(=O)Nc2nccs2)C1c1ccc(F)cc1. The molecule has 0 bridgehead atoms. The van der Waals surface area contributed by atoms with Gasteiger partial charge >= 0.3 is 0 Å². The van der Waals surface area contributed by atoms with E-state index in [1.807, 2.05) is 0 Å². The van der Waals surface area contributed by atoms with E-state index in [2.05, 4.69) is 10.3 Å². The molecule has 2 aromatic rings. The Balaban J connectivity index is 1.86. The summed E-state index contributed by atoms with van der Waals surface area (Å²) < 4.78 is 13.1. The number of halogens is 1. The molecule has 0 spiro atoms. The van der Waals surface area contributed by atoms with E-state index in [4.69, 9.17) is 0 Å². The van der Waals surface area contributed by atoms with Crippen molar-refractivity contribution in [3.05, 3.63) is 47.2 Å². The first kappa shape index (κ1) is 14.6. The van der Waals surface area contributed by atoms with Crippen LogP contribution < -0.4 is 5.32 Å². The lowest BCUT2D eigenvalue weighted by Gasteiger charge is -2.24.